The summed E-state index contributed by atoms with van der Waals surface area (Å²) in [4.78, 5) is 5.26. The Morgan fingerprint density at radius 3 is 2.38 bits per heavy atom. The molecule has 16 heavy (non-hydrogen) atoms. The fourth-order valence-corrected chi connectivity index (χ4v) is 0.971. The summed E-state index contributed by atoms with van der Waals surface area (Å²) >= 11 is 0. The summed E-state index contributed by atoms with van der Waals surface area (Å²) < 4.78 is 10.3. The van der Waals surface area contributed by atoms with Crippen molar-refractivity contribution in [2.45, 2.75) is 45.5 Å². The van der Waals surface area contributed by atoms with Crippen LogP contribution in [0.1, 0.15) is 27.7 Å². The van der Waals surface area contributed by atoms with E-state index in [-0.39, 0.29) is 18.3 Å². The highest BCUT2D eigenvalue weighted by Gasteiger charge is 2.12. The summed E-state index contributed by atoms with van der Waals surface area (Å²) in [6.45, 7) is 8.84. The van der Waals surface area contributed by atoms with Crippen molar-refractivity contribution in [2.24, 2.45) is 0 Å². The molecule has 0 amide bonds. The molecule has 0 aliphatic carbocycles. The molecule has 5 nitrogen and oxygen atoms in total. The molecule has 0 saturated heterocycles. The van der Waals surface area contributed by atoms with E-state index in [1.807, 2.05) is 27.7 Å². The van der Waals surface area contributed by atoms with Crippen molar-refractivity contribution >= 4 is 0 Å². The molecule has 2 unspecified atom stereocenters. The smallest absolute Gasteiger partial charge is 0.0921 e. The minimum absolute atomic E-state index is 0.0109. The molecule has 0 aromatic rings. The SMILES string of the molecule is COCC(C)OCC(O)CNOC(C)(C)C. The summed E-state index contributed by atoms with van der Waals surface area (Å²) in [6.07, 6.45) is -0.593. The van der Waals surface area contributed by atoms with Crippen molar-refractivity contribution in [2.75, 3.05) is 26.9 Å². The Labute approximate surface area is 98.0 Å². The number of rotatable bonds is 8. The van der Waals surface area contributed by atoms with Crippen molar-refractivity contribution in [3.05, 3.63) is 0 Å². The lowest BCUT2D eigenvalue weighted by Crippen LogP contribution is -2.36. The largest absolute Gasteiger partial charge is 0.389 e. The highest BCUT2D eigenvalue weighted by Crippen LogP contribution is 2.03. The topological polar surface area (TPSA) is 60.0 Å². The van der Waals surface area contributed by atoms with Crippen molar-refractivity contribution < 1.29 is 19.4 Å². The standard InChI is InChI=1S/C11H25NO4/c1-9(7-14-5)15-8-10(13)6-12-16-11(2,3)4/h9-10,12-13H,6-8H2,1-5H3. The van der Waals surface area contributed by atoms with Gasteiger partial charge < -0.3 is 14.6 Å². The van der Waals surface area contributed by atoms with Crippen LogP contribution in [0.15, 0.2) is 0 Å². The van der Waals surface area contributed by atoms with Gasteiger partial charge in [-0.2, -0.15) is 5.48 Å². The molecule has 0 aromatic heterocycles. The normalized spacial score (nSPS) is 16.1. The van der Waals surface area contributed by atoms with E-state index in [0.717, 1.165) is 0 Å². The molecule has 0 aliphatic heterocycles. The molecule has 0 radical (unpaired) electrons. The zero-order chi connectivity index (χ0) is 12.6. The van der Waals surface area contributed by atoms with Crippen LogP contribution < -0.4 is 5.48 Å². The van der Waals surface area contributed by atoms with E-state index in [2.05, 4.69) is 5.48 Å². The third kappa shape index (κ3) is 10.3. The fourth-order valence-electron chi connectivity index (χ4n) is 0.971. The van der Waals surface area contributed by atoms with Gasteiger partial charge in [0.15, 0.2) is 0 Å². The van der Waals surface area contributed by atoms with Crippen LogP contribution in [0.3, 0.4) is 0 Å². The van der Waals surface area contributed by atoms with Gasteiger partial charge in [0.05, 0.1) is 31.0 Å². The average Bonchev–Trinajstić information content (AvgIpc) is 2.13. The summed E-state index contributed by atoms with van der Waals surface area (Å²) in [5.41, 5.74) is 2.46. The number of hydrogen-bond donors (Lipinski definition) is 2. The van der Waals surface area contributed by atoms with E-state index in [4.69, 9.17) is 14.3 Å². The third-order valence-electron chi connectivity index (χ3n) is 1.67. The number of aliphatic hydroxyl groups excluding tert-OH is 1. The molecule has 0 aromatic carbocycles. The van der Waals surface area contributed by atoms with Crippen LogP contribution in [0, 0.1) is 0 Å². The number of aliphatic hydroxyl groups is 1. The predicted molar refractivity (Wildman–Crippen MR) is 62.1 cm³/mol. The molecule has 0 bridgehead atoms. The zero-order valence-electron chi connectivity index (χ0n) is 10.9. The Morgan fingerprint density at radius 1 is 1.25 bits per heavy atom. The fraction of sp³-hybridized carbons (Fsp3) is 1.00. The molecule has 0 saturated carbocycles. The van der Waals surface area contributed by atoms with E-state index in [1.165, 1.54) is 0 Å². The molecule has 0 spiro atoms. The third-order valence-corrected chi connectivity index (χ3v) is 1.67. The van der Waals surface area contributed by atoms with Crippen LogP contribution in [-0.4, -0.2) is 49.8 Å². The Bertz CT molecular complexity index is 170. The Hall–Kier alpha value is -0.200. The second-order valence-electron chi connectivity index (χ2n) is 4.82. The summed E-state index contributed by atoms with van der Waals surface area (Å²) in [7, 11) is 1.62. The van der Waals surface area contributed by atoms with E-state index in [0.29, 0.717) is 13.2 Å². The number of hydroxylamine groups is 1. The maximum atomic E-state index is 9.55. The highest BCUT2D eigenvalue weighted by atomic mass is 16.7. The monoisotopic (exact) mass is 235 g/mol. The number of methoxy groups -OCH3 is 1. The van der Waals surface area contributed by atoms with Gasteiger partial charge in [-0.15, -0.1) is 0 Å². The van der Waals surface area contributed by atoms with Gasteiger partial charge in [-0.1, -0.05) is 0 Å². The van der Waals surface area contributed by atoms with Crippen LogP contribution in [0.25, 0.3) is 0 Å². The van der Waals surface area contributed by atoms with E-state index in [1.54, 1.807) is 7.11 Å². The van der Waals surface area contributed by atoms with Crippen molar-refractivity contribution in [1.82, 2.24) is 5.48 Å². The number of nitrogens with one attached hydrogen (secondary N) is 1. The van der Waals surface area contributed by atoms with Gasteiger partial charge >= 0.3 is 0 Å². The zero-order valence-corrected chi connectivity index (χ0v) is 10.9. The predicted octanol–water partition coefficient (Wildman–Crippen LogP) is 0.718. The Morgan fingerprint density at radius 2 is 1.88 bits per heavy atom. The minimum Gasteiger partial charge on any atom is -0.389 e. The first-order chi connectivity index (χ1) is 7.35. The lowest BCUT2D eigenvalue weighted by molar-refractivity contribution is -0.0949. The summed E-state index contributed by atoms with van der Waals surface area (Å²) in [5, 5.41) is 9.55. The maximum absolute atomic E-state index is 9.55. The first-order valence-electron chi connectivity index (χ1n) is 5.54. The number of ether oxygens (including phenoxy) is 2. The first-order valence-corrected chi connectivity index (χ1v) is 5.54. The van der Waals surface area contributed by atoms with Crippen LogP contribution in [0.5, 0.6) is 0 Å². The van der Waals surface area contributed by atoms with Crippen LogP contribution in [0.4, 0.5) is 0 Å². The quantitative estimate of drug-likeness (QED) is 0.607. The summed E-state index contributed by atoms with van der Waals surface area (Å²) in [5.74, 6) is 0. The van der Waals surface area contributed by atoms with Gasteiger partial charge in [0.2, 0.25) is 0 Å². The first kappa shape index (κ1) is 15.8. The molecule has 98 valence electrons. The van der Waals surface area contributed by atoms with Crippen molar-refractivity contribution in [3.8, 4) is 0 Å². The molecule has 2 atom stereocenters. The second kappa shape index (κ2) is 7.97. The van der Waals surface area contributed by atoms with Gasteiger partial charge in [-0.25, -0.2) is 0 Å². The lowest BCUT2D eigenvalue weighted by Gasteiger charge is -2.21. The molecular formula is C11H25NO4. The van der Waals surface area contributed by atoms with Crippen LogP contribution in [-0.2, 0) is 14.3 Å². The number of hydrogen-bond acceptors (Lipinski definition) is 5. The van der Waals surface area contributed by atoms with Gasteiger partial charge in [0.1, 0.15) is 0 Å². The van der Waals surface area contributed by atoms with Gasteiger partial charge in [0.25, 0.3) is 0 Å². The van der Waals surface area contributed by atoms with Crippen LogP contribution >= 0.6 is 0 Å². The second-order valence-corrected chi connectivity index (χ2v) is 4.82. The van der Waals surface area contributed by atoms with Crippen molar-refractivity contribution in [3.63, 3.8) is 0 Å². The van der Waals surface area contributed by atoms with Crippen molar-refractivity contribution in [1.29, 1.82) is 0 Å². The minimum atomic E-state index is -0.582. The molecule has 2 N–H and O–H groups in total. The molecular weight excluding hydrogens is 210 g/mol. The van der Waals surface area contributed by atoms with E-state index >= 15 is 0 Å². The Kier molecular flexibility index (Phi) is 7.87. The van der Waals surface area contributed by atoms with E-state index < -0.39 is 6.10 Å². The van der Waals surface area contributed by atoms with Crippen LogP contribution in [0.2, 0.25) is 0 Å². The molecule has 0 fully saturated rings. The molecule has 0 heterocycles. The van der Waals surface area contributed by atoms with Gasteiger partial charge in [-0.05, 0) is 27.7 Å². The molecule has 5 heteroatoms. The lowest BCUT2D eigenvalue weighted by atomic mass is 10.2. The maximum Gasteiger partial charge on any atom is 0.0921 e. The van der Waals surface area contributed by atoms with Gasteiger partial charge in [0, 0.05) is 13.7 Å². The Balaban J connectivity index is 3.48. The van der Waals surface area contributed by atoms with Gasteiger partial charge in [-0.3, -0.25) is 4.84 Å². The molecule has 0 rings (SSSR count). The molecule has 0 aliphatic rings. The average molecular weight is 235 g/mol. The van der Waals surface area contributed by atoms with E-state index in [9.17, 15) is 5.11 Å². The highest BCUT2D eigenvalue weighted by molar-refractivity contribution is 4.60. The summed E-state index contributed by atoms with van der Waals surface area (Å²) in [6, 6.07) is 0.